The Morgan fingerprint density at radius 3 is 2.70 bits per heavy atom. The molecule has 1 unspecified atom stereocenters. The average Bonchev–Trinajstić information content (AvgIpc) is 3.12. The van der Waals surface area contributed by atoms with Gasteiger partial charge in [-0.1, -0.05) is 13.0 Å². The molecule has 2 aliphatic carbocycles. The zero-order chi connectivity index (χ0) is 14.4. The van der Waals surface area contributed by atoms with Crippen molar-refractivity contribution in [1.29, 1.82) is 0 Å². The van der Waals surface area contributed by atoms with Crippen LogP contribution in [0.4, 0.5) is 0 Å². The Labute approximate surface area is 144 Å². The molecule has 0 heterocycles. The van der Waals surface area contributed by atoms with E-state index in [1.807, 2.05) is 7.05 Å². The molecule has 1 N–H and O–H groups in total. The molecular formula is C15H21NO3U. The molecule has 5 heteroatoms. The van der Waals surface area contributed by atoms with Gasteiger partial charge in [0.1, 0.15) is 0 Å². The number of carbonyl (C=O) groups excluding carboxylic acids is 2. The third kappa shape index (κ3) is 5.46. The molecule has 2 aliphatic rings. The van der Waals surface area contributed by atoms with E-state index < -0.39 is 0 Å². The van der Waals surface area contributed by atoms with E-state index in [9.17, 15) is 9.59 Å². The second kappa shape index (κ2) is 9.42. The number of nitrogens with one attached hydrogen (secondary N) is 1. The van der Waals surface area contributed by atoms with Crippen LogP contribution in [0.3, 0.4) is 0 Å². The number of esters is 1. The normalized spacial score (nSPS) is 25.6. The third-order valence-electron chi connectivity index (χ3n) is 3.38. The van der Waals surface area contributed by atoms with Crippen molar-refractivity contribution in [2.75, 3.05) is 13.7 Å². The molecule has 0 radical (unpaired) electrons. The fourth-order valence-electron chi connectivity index (χ4n) is 2.37. The van der Waals surface area contributed by atoms with Gasteiger partial charge in [0.2, 0.25) is 0 Å². The molecule has 0 saturated heterocycles. The molecule has 108 valence electrons. The van der Waals surface area contributed by atoms with Crippen molar-refractivity contribution in [2.24, 2.45) is 17.8 Å². The Morgan fingerprint density at radius 2 is 2.25 bits per heavy atom. The average molecular weight is 501 g/mol. The van der Waals surface area contributed by atoms with Gasteiger partial charge in [0, 0.05) is 12.7 Å². The summed E-state index contributed by atoms with van der Waals surface area (Å²) >= 11 is 0. The van der Waals surface area contributed by atoms with Gasteiger partial charge in [-0.3, -0.25) is 4.79 Å². The topological polar surface area (TPSA) is 55.4 Å². The number of rotatable bonds is 4. The van der Waals surface area contributed by atoms with Gasteiger partial charge < -0.3 is 21.8 Å². The van der Waals surface area contributed by atoms with Gasteiger partial charge in [-0.15, -0.1) is 0 Å². The molecule has 1 saturated carbocycles. The summed E-state index contributed by atoms with van der Waals surface area (Å²) in [6, 6.07) is 0. The maximum absolute atomic E-state index is 11.5. The summed E-state index contributed by atoms with van der Waals surface area (Å²) in [5.74, 6) is 1.00. The first kappa shape index (κ1) is 19.5. The summed E-state index contributed by atoms with van der Waals surface area (Å²) in [6.07, 6.45) is 5.93. The first-order valence-electron chi connectivity index (χ1n) is 6.43. The predicted molar refractivity (Wildman–Crippen MR) is 73.7 cm³/mol. The van der Waals surface area contributed by atoms with Crippen LogP contribution in [0.1, 0.15) is 19.8 Å². The van der Waals surface area contributed by atoms with E-state index in [0.717, 1.165) is 12.8 Å². The number of hydrogen-bond acceptors (Lipinski definition) is 4. The second-order valence-corrected chi connectivity index (χ2v) is 4.80. The summed E-state index contributed by atoms with van der Waals surface area (Å²) in [5, 5.41) is 3.15. The minimum absolute atomic E-state index is 0. The van der Waals surface area contributed by atoms with Crippen LogP contribution in [0, 0.1) is 55.8 Å². The summed E-state index contributed by atoms with van der Waals surface area (Å²) in [6.45, 7) is 8.62. The van der Waals surface area contributed by atoms with Gasteiger partial charge in [-0.2, -0.15) is 5.57 Å². The van der Waals surface area contributed by atoms with Crippen LogP contribution in [0.25, 0.3) is 0 Å². The zero-order valence-corrected chi connectivity index (χ0v) is 16.2. The Kier molecular flexibility index (Phi) is 9.17. The van der Waals surface area contributed by atoms with Crippen molar-refractivity contribution < 1.29 is 45.4 Å². The molecule has 0 aromatic rings. The van der Waals surface area contributed by atoms with E-state index in [1.165, 1.54) is 5.70 Å². The molecule has 20 heavy (non-hydrogen) atoms. The van der Waals surface area contributed by atoms with Crippen LogP contribution in [-0.2, 0) is 14.3 Å². The fraction of sp³-hybridized carbons (Fsp3) is 0.533. The molecule has 0 spiro atoms. The predicted octanol–water partition coefficient (Wildman–Crippen LogP) is 1.80. The number of allylic oxidation sites excluding steroid dienone is 3. The van der Waals surface area contributed by atoms with E-state index in [2.05, 4.69) is 24.9 Å². The Balaban J connectivity index is 0.000000526. The fourth-order valence-corrected chi connectivity index (χ4v) is 2.37. The van der Waals surface area contributed by atoms with Crippen molar-refractivity contribution in [1.82, 2.24) is 5.32 Å². The minimum atomic E-state index is -0.0661. The van der Waals surface area contributed by atoms with Crippen molar-refractivity contribution in [3.63, 3.8) is 0 Å². The largest absolute Gasteiger partial charge is 2.00 e. The Morgan fingerprint density at radius 1 is 1.65 bits per heavy atom. The molecular weight excluding hydrogens is 480 g/mol. The van der Waals surface area contributed by atoms with E-state index >= 15 is 0 Å². The molecule has 1 fully saturated rings. The quantitative estimate of drug-likeness (QED) is 0.363. The van der Waals surface area contributed by atoms with Crippen LogP contribution < -0.4 is 5.32 Å². The summed E-state index contributed by atoms with van der Waals surface area (Å²) in [4.78, 5) is 20.7. The van der Waals surface area contributed by atoms with E-state index in [0.29, 0.717) is 17.4 Å². The summed E-state index contributed by atoms with van der Waals surface area (Å²) in [7, 11) is 1.93. The minimum Gasteiger partial charge on any atom is -0.499 e. The Bertz CT molecular complexity index is 393. The smallest absolute Gasteiger partial charge is 0.499 e. The first-order chi connectivity index (χ1) is 9.04. The molecule has 3 atom stereocenters. The van der Waals surface area contributed by atoms with Crippen LogP contribution in [-0.4, -0.2) is 25.9 Å². The van der Waals surface area contributed by atoms with Crippen LogP contribution >= 0.6 is 0 Å². The van der Waals surface area contributed by atoms with Crippen LogP contribution in [0.5, 0.6) is 0 Å². The molecule has 0 aromatic carbocycles. The number of fused-ring (bicyclic) bond motifs is 1. The number of ether oxygens (including phenoxy) is 1. The summed E-state index contributed by atoms with van der Waals surface area (Å²) < 4.78 is 4.93. The van der Waals surface area contributed by atoms with Crippen molar-refractivity contribution in [2.45, 2.75) is 19.8 Å². The first-order valence-corrected chi connectivity index (χ1v) is 6.43. The van der Waals surface area contributed by atoms with Gasteiger partial charge in [0.15, 0.2) is 0 Å². The summed E-state index contributed by atoms with van der Waals surface area (Å²) in [5.41, 5.74) is 1.71. The molecule has 0 bridgehead atoms. The molecule has 2 rings (SSSR count). The maximum atomic E-state index is 11.5. The monoisotopic (exact) mass is 501 g/mol. The third-order valence-corrected chi connectivity index (χ3v) is 3.38. The van der Waals surface area contributed by atoms with Crippen LogP contribution in [0.2, 0.25) is 0 Å². The van der Waals surface area contributed by atoms with Crippen molar-refractivity contribution in [3.05, 3.63) is 30.8 Å². The molecule has 0 aliphatic heterocycles. The van der Waals surface area contributed by atoms with E-state index in [-0.39, 0.29) is 49.6 Å². The SMILES string of the molecule is C=C(C)[C-]=O.[CH2-]COC(=O)C1[C@@H]2C=C(NC)CC[C@@H]12.[U+2]. The standard InChI is InChI=1S/C11H16NO2.C4H5O.U/c1-3-14-11(13)10-8-5-4-7(12-2)6-9(8)10;1-4(2)3-5;/h6,8-10,12H,1,3-5H2,2H3;1H2,2H3;/q2*-1;+2/t8-,9-,10?;;/m1../s1. The van der Waals surface area contributed by atoms with Gasteiger partial charge >= 0.3 is 37.1 Å². The number of carbonyl (C=O) groups is 1. The Hall–Kier alpha value is -0.528. The number of hydrogen-bond donors (Lipinski definition) is 1. The van der Waals surface area contributed by atoms with Gasteiger partial charge in [0.25, 0.3) is 0 Å². The van der Waals surface area contributed by atoms with Crippen molar-refractivity contribution >= 4 is 12.3 Å². The van der Waals surface area contributed by atoms with Crippen LogP contribution in [0.15, 0.2) is 23.9 Å². The van der Waals surface area contributed by atoms with Gasteiger partial charge in [-0.25, -0.2) is 6.58 Å². The van der Waals surface area contributed by atoms with E-state index in [1.54, 1.807) is 13.2 Å². The molecule has 0 aromatic heterocycles. The van der Waals surface area contributed by atoms with E-state index in [4.69, 9.17) is 4.74 Å². The maximum Gasteiger partial charge on any atom is 2.00 e. The zero-order valence-electron chi connectivity index (χ0n) is 12.1. The second-order valence-electron chi connectivity index (χ2n) is 4.80. The molecule has 0 amide bonds. The van der Waals surface area contributed by atoms with Gasteiger partial charge in [-0.05, 0) is 37.6 Å². The van der Waals surface area contributed by atoms with Gasteiger partial charge in [0.05, 0.1) is 5.92 Å². The molecule has 4 nitrogen and oxygen atoms in total. The van der Waals surface area contributed by atoms with Crippen molar-refractivity contribution in [3.8, 4) is 0 Å².